The summed E-state index contributed by atoms with van der Waals surface area (Å²) in [5, 5.41) is 7.10. The number of amides is 1. The van der Waals surface area contributed by atoms with Gasteiger partial charge in [-0.1, -0.05) is 25.1 Å². The molecule has 0 aliphatic carbocycles. The molecule has 126 valence electrons. The molecule has 2 aliphatic heterocycles. The van der Waals surface area contributed by atoms with Gasteiger partial charge in [-0.05, 0) is 11.6 Å². The molecule has 0 radical (unpaired) electrons. The van der Waals surface area contributed by atoms with Gasteiger partial charge in [-0.2, -0.15) is 5.10 Å². The summed E-state index contributed by atoms with van der Waals surface area (Å²) in [6.07, 6.45) is 0.677. The van der Waals surface area contributed by atoms with E-state index in [9.17, 15) is 4.79 Å². The topological polar surface area (TPSA) is 80.3 Å². The highest BCUT2D eigenvalue weighted by Crippen LogP contribution is 2.30. The van der Waals surface area contributed by atoms with Crippen molar-refractivity contribution in [3.8, 4) is 5.75 Å². The Hall–Kier alpha value is -2.41. The lowest BCUT2D eigenvalue weighted by molar-refractivity contribution is -0.146. The number of nitrogens with zero attached hydrogens (tertiary/aromatic N) is 3. The van der Waals surface area contributed by atoms with Crippen molar-refractivity contribution < 1.29 is 14.3 Å². The van der Waals surface area contributed by atoms with Crippen LogP contribution in [0.5, 0.6) is 5.75 Å². The van der Waals surface area contributed by atoms with E-state index in [0.29, 0.717) is 31.9 Å². The summed E-state index contributed by atoms with van der Waals surface area (Å²) in [5.41, 5.74) is 1.09. The molecule has 7 nitrogen and oxygen atoms in total. The van der Waals surface area contributed by atoms with Gasteiger partial charge >= 0.3 is 0 Å². The van der Waals surface area contributed by atoms with E-state index in [-0.39, 0.29) is 12.0 Å². The van der Waals surface area contributed by atoms with Crippen LogP contribution >= 0.6 is 0 Å². The molecular weight excluding hydrogens is 308 g/mol. The number of carbonyl (C=O) groups is 1. The van der Waals surface area contributed by atoms with E-state index < -0.39 is 6.10 Å². The van der Waals surface area contributed by atoms with Crippen LogP contribution in [-0.2, 0) is 22.4 Å². The second-order valence-corrected chi connectivity index (χ2v) is 6.06. The monoisotopic (exact) mass is 328 g/mol. The molecule has 0 bridgehead atoms. The smallest absolute Gasteiger partial charge is 0.264 e. The number of morpholine rings is 1. The molecule has 1 aromatic carbocycles. The second kappa shape index (κ2) is 6.24. The van der Waals surface area contributed by atoms with Gasteiger partial charge in [0.25, 0.3) is 5.91 Å². The predicted octanol–water partition coefficient (Wildman–Crippen LogP) is 1.27. The average molecular weight is 328 g/mol. The van der Waals surface area contributed by atoms with Crippen LogP contribution in [0.1, 0.15) is 30.2 Å². The highest BCUT2D eigenvalue weighted by atomic mass is 16.5. The number of aromatic nitrogens is 3. The van der Waals surface area contributed by atoms with Crippen molar-refractivity contribution in [1.29, 1.82) is 0 Å². The molecule has 24 heavy (non-hydrogen) atoms. The van der Waals surface area contributed by atoms with Gasteiger partial charge in [-0.25, -0.2) is 4.98 Å². The number of hydrogen-bond donors (Lipinski definition) is 1. The zero-order valence-corrected chi connectivity index (χ0v) is 13.6. The molecule has 1 saturated heterocycles. The lowest BCUT2D eigenvalue weighted by Crippen LogP contribution is -2.48. The summed E-state index contributed by atoms with van der Waals surface area (Å²) in [6, 6.07) is 7.80. The molecule has 1 fully saturated rings. The summed E-state index contributed by atoms with van der Waals surface area (Å²) in [6.45, 7) is 3.51. The van der Waals surface area contributed by atoms with Crippen molar-refractivity contribution in [1.82, 2.24) is 20.1 Å². The van der Waals surface area contributed by atoms with E-state index in [1.807, 2.05) is 31.2 Å². The number of ether oxygens (including phenoxy) is 2. The SMILES string of the molecule is CCc1nc(C2CN(C(=O)C3Cc4ccccc4O3)CCO2)n[nH]1. The van der Waals surface area contributed by atoms with Crippen molar-refractivity contribution in [2.75, 3.05) is 19.7 Å². The number of aryl methyl sites for hydroxylation is 1. The van der Waals surface area contributed by atoms with Crippen molar-refractivity contribution in [3.63, 3.8) is 0 Å². The Morgan fingerprint density at radius 3 is 3.08 bits per heavy atom. The molecule has 3 heterocycles. The fraction of sp³-hybridized carbons (Fsp3) is 0.471. The van der Waals surface area contributed by atoms with E-state index in [1.54, 1.807) is 4.90 Å². The van der Waals surface area contributed by atoms with Crippen LogP contribution in [0.25, 0.3) is 0 Å². The van der Waals surface area contributed by atoms with Crippen molar-refractivity contribution in [3.05, 3.63) is 41.5 Å². The summed E-state index contributed by atoms with van der Waals surface area (Å²) >= 11 is 0. The molecule has 0 spiro atoms. The minimum absolute atomic E-state index is 0.00532. The number of H-pyrrole nitrogens is 1. The molecule has 1 amide bonds. The quantitative estimate of drug-likeness (QED) is 0.918. The molecule has 1 aromatic heterocycles. The molecule has 2 aromatic rings. The maximum absolute atomic E-state index is 12.8. The lowest BCUT2D eigenvalue weighted by Gasteiger charge is -2.32. The third kappa shape index (κ3) is 2.75. The molecular formula is C17H20N4O3. The van der Waals surface area contributed by atoms with Crippen molar-refractivity contribution in [2.45, 2.75) is 32.0 Å². The van der Waals surface area contributed by atoms with E-state index in [0.717, 1.165) is 23.6 Å². The predicted molar refractivity (Wildman–Crippen MR) is 85.6 cm³/mol. The summed E-state index contributed by atoms with van der Waals surface area (Å²) in [4.78, 5) is 19.0. The van der Waals surface area contributed by atoms with E-state index in [4.69, 9.17) is 9.47 Å². The van der Waals surface area contributed by atoms with Gasteiger partial charge in [-0.15, -0.1) is 0 Å². The van der Waals surface area contributed by atoms with Crippen LogP contribution in [0, 0.1) is 0 Å². The normalized spacial score (nSPS) is 23.0. The van der Waals surface area contributed by atoms with Gasteiger partial charge in [-0.3, -0.25) is 9.89 Å². The molecule has 4 rings (SSSR count). The number of para-hydroxylation sites is 1. The maximum atomic E-state index is 12.8. The van der Waals surface area contributed by atoms with E-state index >= 15 is 0 Å². The maximum Gasteiger partial charge on any atom is 0.264 e. The first-order valence-electron chi connectivity index (χ1n) is 8.30. The largest absolute Gasteiger partial charge is 0.480 e. The van der Waals surface area contributed by atoms with Gasteiger partial charge in [0, 0.05) is 19.4 Å². The van der Waals surface area contributed by atoms with Gasteiger partial charge in [0.1, 0.15) is 17.7 Å². The van der Waals surface area contributed by atoms with Gasteiger partial charge in [0.2, 0.25) is 0 Å². The Bertz CT molecular complexity index is 720. The Balaban J connectivity index is 1.44. The zero-order valence-electron chi connectivity index (χ0n) is 13.6. The minimum atomic E-state index is -0.445. The second-order valence-electron chi connectivity index (χ2n) is 6.06. The van der Waals surface area contributed by atoms with Crippen LogP contribution in [0.2, 0.25) is 0 Å². The number of fused-ring (bicyclic) bond motifs is 1. The molecule has 2 aliphatic rings. The summed E-state index contributed by atoms with van der Waals surface area (Å²) < 4.78 is 11.6. The van der Waals surface area contributed by atoms with E-state index in [1.165, 1.54) is 0 Å². The Morgan fingerprint density at radius 1 is 1.42 bits per heavy atom. The summed E-state index contributed by atoms with van der Waals surface area (Å²) in [5.74, 6) is 2.25. The molecule has 7 heteroatoms. The minimum Gasteiger partial charge on any atom is -0.480 e. The molecule has 2 atom stereocenters. The van der Waals surface area contributed by atoms with Crippen molar-refractivity contribution in [2.24, 2.45) is 0 Å². The lowest BCUT2D eigenvalue weighted by atomic mass is 10.1. The number of hydrogen-bond acceptors (Lipinski definition) is 5. The number of benzene rings is 1. The first-order chi connectivity index (χ1) is 11.7. The Kier molecular flexibility index (Phi) is 3.93. The third-order valence-corrected chi connectivity index (χ3v) is 4.47. The van der Waals surface area contributed by atoms with Crippen LogP contribution in [-0.4, -0.2) is 51.8 Å². The number of rotatable bonds is 3. The molecule has 0 saturated carbocycles. The Labute approximate surface area is 140 Å². The molecule has 2 unspecified atom stereocenters. The number of nitrogens with one attached hydrogen (secondary N) is 1. The van der Waals surface area contributed by atoms with Gasteiger partial charge in [0.15, 0.2) is 11.9 Å². The van der Waals surface area contributed by atoms with Gasteiger partial charge < -0.3 is 14.4 Å². The van der Waals surface area contributed by atoms with Gasteiger partial charge in [0.05, 0.1) is 13.2 Å². The highest BCUT2D eigenvalue weighted by molar-refractivity contribution is 5.82. The number of aromatic amines is 1. The highest BCUT2D eigenvalue weighted by Gasteiger charge is 2.35. The number of carbonyl (C=O) groups excluding carboxylic acids is 1. The third-order valence-electron chi connectivity index (χ3n) is 4.47. The van der Waals surface area contributed by atoms with Crippen LogP contribution in [0.15, 0.2) is 24.3 Å². The van der Waals surface area contributed by atoms with E-state index in [2.05, 4.69) is 15.2 Å². The zero-order chi connectivity index (χ0) is 16.5. The van der Waals surface area contributed by atoms with Crippen LogP contribution in [0.4, 0.5) is 0 Å². The van der Waals surface area contributed by atoms with Crippen molar-refractivity contribution >= 4 is 5.91 Å². The summed E-state index contributed by atoms with van der Waals surface area (Å²) in [7, 11) is 0. The molecule has 1 N–H and O–H groups in total. The Morgan fingerprint density at radius 2 is 2.29 bits per heavy atom. The fourth-order valence-electron chi connectivity index (χ4n) is 3.14. The van der Waals surface area contributed by atoms with Crippen LogP contribution < -0.4 is 4.74 Å². The fourth-order valence-corrected chi connectivity index (χ4v) is 3.14. The average Bonchev–Trinajstić information content (AvgIpc) is 3.27. The van der Waals surface area contributed by atoms with Crippen LogP contribution in [0.3, 0.4) is 0 Å². The standard InChI is InChI=1S/C17H20N4O3/c1-2-15-18-16(20-19-15)14-10-21(7-8-23-14)17(22)13-9-11-5-3-4-6-12(11)24-13/h3-6,13-14H,2,7-10H2,1H3,(H,18,19,20). The first kappa shape index (κ1) is 15.1. The first-order valence-corrected chi connectivity index (χ1v) is 8.30.